The molecule has 3 rings (SSSR count). The van der Waals surface area contributed by atoms with Gasteiger partial charge in [-0.2, -0.15) is 0 Å². The molecule has 0 atom stereocenters. The molecule has 124 valence electrons. The molecule has 0 saturated carbocycles. The Kier molecular flexibility index (Phi) is 5.40. The van der Waals surface area contributed by atoms with E-state index in [-0.39, 0.29) is 6.03 Å². The Morgan fingerprint density at radius 3 is 2.88 bits per heavy atom. The van der Waals surface area contributed by atoms with Gasteiger partial charge in [-0.15, -0.1) is 22.7 Å². The average molecular weight is 398 g/mol. The number of benzene rings is 1. The lowest BCUT2D eigenvalue weighted by molar-refractivity contribution is 0.252. The summed E-state index contributed by atoms with van der Waals surface area (Å²) in [4.78, 5) is 18.8. The molecule has 2 N–H and O–H groups in total. The van der Waals surface area contributed by atoms with Gasteiger partial charge in [0.1, 0.15) is 5.01 Å². The van der Waals surface area contributed by atoms with Crippen LogP contribution in [0.25, 0.3) is 9.88 Å². The number of hydrogen-bond donors (Lipinski definition) is 2. The van der Waals surface area contributed by atoms with Crippen LogP contribution in [0.3, 0.4) is 0 Å². The third-order valence-electron chi connectivity index (χ3n) is 3.21. The number of hydrogen-bond acceptors (Lipinski definition) is 4. The summed E-state index contributed by atoms with van der Waals surface area (Å²) in [7, 11) is 0. The molecule has 0 aliphatic carbocycles. The highest BCUT2D eigenvalue weighted by Crippen LogP contribution is 2.31. The summed E-state index contributed by atoms with van der Waals surface area (Å²) in [5.74, 6) is 0. The zero-order valence-corrected chi connectivity index (χ0v) is 15.7. The normalized spacial score (nSPS) is 10.6. The van der Waals surface area contributed by atoms with Gasteiger partial charge in [-0.1, -0.05) is 29.3 Å². The van der Waals surface area contributed by atoms with Crippen LogP contribution in [0.4, 0.5) is 10.5 Å². The SMILES string of the molecule is Cc1nc(-c2cccs2)sc1CNC(=O)Nc1cc(Cl)ccc1Cl. The van der Waals surface area contributed by atoms with Crippen molar-refractivity contribution in [2.45, 2.75) is 13.5 Å². The molecule has 0 aliphatic heterocycles. The molecule has 2 heterocycles. The Labute approximate surface area is 157 Å². The molecule has 0 fully saturated rings. The predicted octanol–water partition coefficient (Wildman–Crippen LogP) is 5.81. The Bertz CT molecular complexity index is 862. The van der Waals surface area contributed by atoms with Crippen molar-refractivity contribution in [3.8, 4) is 9.88 Å². The van der Waals surface area contributed by atoms with Crippen LogP contribution in [0.1, 0.15) is 10.6 Å². The van der Waals surface area contributed by atoms with E-state index in [0.29, 0.717) is 22.3 Å². The number of nitrogens with one attached hydrogen (secondary N) is 2. The predicted molar refractivity (Wildman–Crippen MR) is 102 cm³/mol. The zero-order valence-electron chi connectivity index (χ0n) is 12.6. The molecule has 3 aromatic rings. The van der Waals surface area contributed by atoms with Crippen LogP contribution in [0.2, 0.25) is 10.0 Å². The van der Waals surface area contributed by atoms with Gasteiger partial charge in [0.25, 0.3) is 0 Å². The van der Waals surface area contributed by atoms with E-state index in [1.54, 1.807) is 40.9 Å². The highest BCUT2D eigenvalue weighted by molar-refractivity contribution is 7.21. The maximum atomic E-state index is 12.1. The summed E-state index contributed by atoms with van der Waals surface area (Å²) in [6.07, 6.45) is 0. The van der Waals surface area contributed by atoms with Crippen molar-refractivity contribution in [3.63, 3.8) is 0 Å². The Hall–Kier alpha value is -1.60. The second-order valence-electron chi connectivity index (χ2n) is 4.94. The third kappa shape index (κ3) is 4.08. The maximum absolute atomic E-state index is 12.1. The van der Waals surface area contributed by atoms with Crippen LogP contribution in [-0.4, -0.2) is 11.0 Å². The maximum Gasteiger partial charge on any atom is 0.319 e. The molecular formula is C16H13Cl2N3OS2. The van der Waals surface area contributed by atoms with Crippen LogP contribution in [0.5, 0.6) is 0 Å². The summed E-state index contributed by atoms with van der Waals surface area (Å²) < 4.78 is 0. The van der Waals surface area contributed by atoms with Gasteiger partial charge in [-0.3, -0.25) is 0 Å². The van der Waals surface area contributed by atoms with Gasteiger partial charge in [-0.05, 0) is 36.6 Å². The van der Waals surface area contributed by atoms with Gasteiger partial charge in [0.15, 0.2) is 0 Å². The van der Waals surface area contributed by atoms with Crippen molar-refractivity contribution in [2.24, 2.45) is 0 Å². The van der Waals surface area contributed by atoms with E-state index in [2.05, 4.69) is 15.6 Å². The van der Waals surface area contributed by atoms with Crippen molar-refractivity contribution in [1.29, 1.82) is 0 Å². The standard InChI is InChI=1S/C16H13Cl2N3OS2/c1-9-14(24-15(20-9)13-3-2-6-23-13)8-19-16(22)21-12-7-10(17)4-5-11(12)18/h2-7H,8H2,1H3,(H2,19,21,22). The van der Waals surface area contributed by atoms with Gasteiger partial charge in [-0.25, -0.2) is 9.78 Å². The summed E-state index contributed by atoms with van der Waals surface area (Å²) in [5.41, 5.74) is 1.39. The first-order valence-electron chi connectivity index (χ1n) is 7.03. The first-order valence-corrected chi connectivity index (χ1v) is 9.48. The topological polar surface area (TPSA) is 54.0 Å². The minimum Gasteiger partial charge on any atom is -0.333 e. The molecular weight excluding hydrogens is 385 g/mol. The van der Waals surface area contributed by atoms with E-state index in [0.717, 1.165) is 20.5 Å². The van der Waals surface area contributed by atoms with Crippen LogP contribution >= 0.6 is 45.9 Å². The largest absolute Gasteiger partial charge is 0.333 e. The molecule has 8 heteroatoms. The quantitative estimate of drug-likeness (QED) is 0.583. The van der Waals surface area contributed by atoms with E-state index in [4.69, 9.17) is 23.2 Å². The number of aromatic nitrogens is 1. The van der Waals surface area contributed by atoms with Gasteiger partial charge in [0.2, 0.25) is 0 Å². The molecule has 2 aromatic heterocycles. The van der Waals surface area contributed by atoms with Gasteiger partial charge in [0.05, 0.1) is 27.8 Å². The lowest BCUT2D eigenvalue weighted by Crippen LogP contribution is -2.28. The summed E-state index contributed by atoms with van der Waals surface area (Å²) in [6, 6.07) is 8.60. The number of aryl methyl sites for hydroxylation is 1. The number of rotatable bonds is 4. The number of halogens is 2. The van der Waals surface area contributed by atoms with E-state index in [1.807, 2.05) is 24.4 Å². The summed E-state index contributed by atoms with van der Waals surface area (Å²) in [5, 5.41) is 9.44. The third-order valence-corrected chi connectivity index (χ3v) is 5.97. The molecule has 0 radical (unpaired) electrons. The van der Waals surface area contributed by atoms with Crippen molar-refractivity contribution in [1.82, 2.24) is 10.3 Å². The fourth-order valence-corrected chi connectivity index (χ4v) is 4.15. The molecule has 1 aromatic carbocycles. The molecule has 0 saturated heterocycles. The van der Waals surface area contributed by atoms with Crippen LogP contribution in [0, 0.1) is 6.92 Å². The van der Waals surface area contributed by atoms with Crippen molar-refractivity contribution in [3.05, 3.63) is 56.3 Å². The number of carbonyl (C=O) groups is 1. The smallest absolute Gasteiger partial charge is 0.319 e. The number of amides is 2. The number of thiazole rings is 1. The van der Waals surface area contributed by atoms with Crippen molar-refractivity contribution < 1.29 is 4.79 Å². The molecule has 2 amide bonds. The number of carbonyl (C=O) groups excluding carboxylic acids is 1. The van der Waals surface area contributed by atoms with E-state index in [1.165, 1.54) is 0 Å². The number of thiophene rings is 1. The first kappa shape index (κ1) is 17.2. The van der Waals surface area contributed by atoms with E-state index < -0.39 is 0 Å². The minimum absolute atomic E-state index is 0.343. The monoisotopic (exact) mass is 397 g/mol. The lowest BCUT2D eigenvalue weighted by atomic mass is 10.3. The molecule has 0 spiro atoms. The number of urea groups is 1. The second kappa shape index (κ2) is 7.53. The molecule has 0 bridgehead atoms. The Balaban J connectivity index is 1.63. The minimum atomic E-state index is -0.343. The lowest BCUT2D eigenvalue weighted by Gasteiger charge is -2.09. The zero-order chi connectivity index (χ0) is 17.1. The first-order chi connectivity index (χ1) is 11.5. The van der Waals surface area contributed by atoms with Crippen molar-refractivity contribution in [2.75, 3.05) is 5.32 Å². The Morgan fingerprint density at radius 1 is 1.29 bits per heavy atom. The number of anilines is 1. The fraction of sp³-hybridized carbons (Fsp3) is 0.125. The highest BCUT2D eigenvalue weighted by Gasteiger charge is 2.12. The van der Waals surface area contributed by atoms with Crippen LogP contribution < -0.4 is 10.6 Å². The van der Waals surface area contributed by atoms with Crippen LogP contribution in [-0.2, 0) is 6.54 Å². The second-order valence-corrected chi connectivity index (χ2v) is 7.81. The molecule has 24 heavy (non-hydrogen) atoms. The van der Waals surface area contributed by atoms with Crippen LogP contribution in [0.15, 0.2) is 35.7 Å². The van der Waals surface area contributed by atoms with Gasteiger partial charge >= 0.3 is 6.03 Å². The Morgan fingerprint density at radius 2 is 2.12 bits per heavy atom. The van der Waals surface area contributed by atoms with Crippen molar-refractivity contribution >= 4 is 57.6 Å². The highest BCUT2D eigenvalue weighted by atomic mass is 35.5. The van der Waals surface area contributed by atoms with E-state index >= 15 is 0 Å². The van der Waals surface area contributed by atoms with Gasteiger partial charge < -0.3 is 10.6 Å². The van der Waals surface area contributed by atoms with Gasteiger partial charge in [0, 0.05) is 9.90 Å². The molecule has 4 nitrogen and oxygen atoms in total. The molecule has 0 aliphatic rings. The number of nitrogens with zero attached hydrogens (tertiary/aromatic N) is 1. The average Bonchev–Trinajstić information content (AvgIpc) is 3.18. The fourth-order valence-electron chi connectivity index (χ4n) is 2.02. The molecule has 0 unspecified atom stereocenters. The summed E-state index contributed by atoms with van der Waals surface area (Å²) >= 11 is 15.2. The summed E-state index contributed by atoms with van der Waals surface area (Å²) in [6.45, 7) is 2.34. The van der Waals surface area contributed by atoms with E-state index in [9.17, 15) is 4.79 Å².